The largest absolute Gasteiger partial charge is 0.389 e. The Kier molecular flexibility index (Phi) is 4.96. The van der Waals surface area contributed by atoms with Crippen molar-refractivity contribution >= 4 is 11.6 Å². The molecule has 5 heteroatoms. The molecule has 1 unspecified atom stereocenters. The summed E-state index contributed by atoms with van der Waals surface area (Å²) in [7, 11) is 0. The Bertz CT molecular complexity index is 285. The SMILES string of the molecule is CC(C)C1CN(/C(N)=C/C=C(\N)Cl)CCO1. The highest BCUT2D eigenvalue weighted by atomic mass is 35.5. The lowest BCUT2D eigenvalue weighted by Gasteiger charge is -2.36. The van der Waals surface area contributed by atoms with E-state index in [-0.39, 0.29) is 11.3 Å². The Balaban J connectivity index is 2.60. The van der Waals surface area contributed by atoms with E-state index in [9.17, 15) is 0 Å². The predicted octanol–water partition coefficient (Wildman–Crippen LogP) is 1.18. The molecule has 4 nitrogen and oxygen atoms in total. The second kappa shape index (κ2) is 6.01. The molecule has 16 heavy (non-hydrogen) atoms. The third-order valence-electron chi connectivity index (χ3n) is 2.62. The van der Waals surface area contributed by atoms with Crippen molar-refractivity contribution in [1.82, 2.24) is 4.90 Å². The average Bonchev–Trinajstić information content (AvgIpc) is 2.26. The Morgan fingerprint density at radius 2 is 2.12 bits per heavy atom. The highest BCUT2D eigenvalue weighted by molar-refractivity contribution is 6.29. The van der Waals surface area contributed by atoms with E-state index < -0.39 is 0 Å². The standard InChI is InChI=1S/C11H20ClN3O/c1-8(2)9-7-15(5-6-16-9)11(14)4-3-10(12)13/h3-4,8-9H,5-7,13-14H2,1-2H3/b10-3-,11-4+. The maximum absolute atomic E-state index is 5.93. The minimum Gasteiger partial charge on any atom is -0.389 e. The van der Waals surface area contributed by atoms with Crippen LogP contribution in [0.4, 0.5) is 0 Å². The van der Waals surface area contributed by atoms with Crippen molar-refractivity contribution in [3.8, 4) is 0 Å². The first-order valence-corrected chi connectivity index (χ1v) is 5.83. The number of hydrogen-bond donors (Lipinski definition) is 2. The Hall–Kier alpha value is -0.870. The first kappa shape index (κ1) is 13.2. The second-order valence-corrected chi connectivity index (χ2v) is 4.68. The quantitative estimate of drug-likeness (QED) is 0.579. The van der Waals surface area contributed by atoms with Crippen LogP contribution in [0.5, 0.6) is 0 Å². The number of allylic oxidation sites excluding steroid dienone is 2. The predicted molar refractivity (Wildman–Crippen MR) is 66.5 cm³/mol. The molecule has 1 atom stereocenters. The number of rotatable bonds is 3. The van der Waals surface area contributed by atoms with Gasteiger partial charge in [0.1, 0.15) is 0 Å². The van der Waals surface area contributed by atoms with Gasteiger partial charge in [0, 0.05) is 13.1 Å². The third kappa shape index (κ3) is 3.94. The zero-order valence-electron chi connectivity index (χ0n) is 9.82. The van der Waals surface area contributed by atoms with Crippen LogP contribution in [-0.2, 0) is 4.74 Å². The summed E-state index contributed by atoms with van der Waals surface area (Å²) in [6.07, 6.45) is 3.56. The molecule has 0 aromatic rings. The van der Waals surface area contributed by atoms with Gasteiger partial charge in [-0.3, -0.25) is 0 Å². The Labute approximate surface area is 102 Å². The fourth-order valence-corrected chi connectivity index (χ4v) is 1.65. The van der Waals surface area contributed by atoms with Gasteiger partial charge < -0.3 is 21.1 Å². The van der Waals surface area contributed by atoms with Gasteiger partial charge in [-0.2, -0.15) is 0 Å². The summed E-state index contributed by atoms with van der Waals surface area (Å²) in [4.78, 5) is 2.09. The molecule has 92 valence electrons. The van der Waals surface area contributed by atoms with Gasteiger partial charge in [-0.1, -0.05) is 25.4 Å². The van der Waals surface area contributed by atoms with Gasteiger partial charge in [0.05, 0.1) is 23.7 Å². The zero-order valence-corrected chi connectivity index (χ0v) is 10.6. The smallest absolute Gasteiger partial charge is 0.0993 e. The van der Waals surface area contributed by atoms with Crippen LogP contribution in [0.3, 0.4) is 0 Å². The highest BCUT2D eigenvalue weighted by Gasteiger charge is 2.23. The van der Waals surface area contributed by atoms with E-state index in [1.807, 2.05) is 0 Å². The molecule has 0 aromatic carbocycles. The molecule has 0 bridgehead atoms. The normalized spacial score (nSPS) is 24.0. The lowest BCUT2D eigenvalue weighted by Crippen LogP contribution is -2.45. The van der Waals surface area contributed by atoms with Gasteiger partial charge in [0.15, 0.2) is 0 Å². The van der Waals surface area contributed by atoms with Gasteiger partial charge in [-0.15, -0.1) is 0 Å². The van der Waals surface area contributed by atoms with Crippen molar-refractivity contribution in [2.24, 2.45) is 17.4 Å². The summed E-state index contributed by atoms with van der Waals surface area (Å²) in [5, 5.41) is 0.233. The van der Waals surface area contributed by atoms with Crippen LogP contribution < -0.4 is 11.5 Å². The van der Waals surface area contributed by atoms with Gasteiger partial charge >= 0.3 is 0 Å². The topological polar surface area (TPSA) is 64.5 Å². The summed E-state index contributed by atoms with van der Waals surface area (Å²) >= 11 is 5.54. The molecule has 1 heterocycles. The van der Waals surface area contributed by atoms with Crippen molar-refractivity contribution in [2.75, 3.05) is 19.7 Å². The molecule has 1 fully saturated rings. The first-order valence-electron chi connectivity index (χ1n) is 5.45. The molecule has 0 amide bonds. The minimum absolute atomic E-state index is 0.233. The summed E-state index contributed by atoms with van der Waals surface area (Å²) < 4.78 is 5.65. The lowest BCUT2D eigenvalue weighted by molar-refractivity contribution is -0.0404. The second-order valence-electron chi connectivity index (χ2n) is 4.24. The molecule has 0 aromatic heterocycles. The minimum atomic E-state index is 0.233. The summed E-state index contributed by atoms with van der Waals surface area (Å²) in [5.41, 5.74) is 11.3. The lowest BCUT2D eigenvalue weighted by atomic mass is 10.1. The summed E-state index contributed by atoms with van der Waals surface area (Å²) in [6, 6.07) is 0. The van der Waals surface area contributed by atoms with E-state index in [4.69, 9.17) is 27.8 Å². The maximum Gasteiger partial charge on any atom is 0.0993 e. The molecule has 1 rings (SSSR count). The van der Waals surface area contributed by atoms with Crippen LogP contribution in [0.1, 0.15) is 13.8 Å². The number of halogens is 1. The van der Waals surface area contributed by atoms with Crippen LogP contribution in [0.15, 0.2) is 23.1 Å². The molecule has 0 spiro atoms. The number of nitrogens with two attached hydrogens (primary N) is 2. The van der Waals surface area contributed by atoms with Crippen molar-refractivity contribution in [3.63, 3.8) is 0 Å². The van der Waals surface area contributed by atoms with Crippen LogP contribution in [0, 0.1) is 5.92 Å². The average molecular weight is 246 g/mol. The van der Waals surface area contributed by atoms with E-state index in [0.29, 0.717) is 18.3 Å². The molecule has 1 aliphatic rings. The Morgan fingerprint density at radius 3 is 2.69 bits per heavy atom. The molecule has 1 saturated heterocycles. The third-order valence-corrected chi connectivity index (χ3v) is 2.74. The van der Waals surface area contributed by atoms with Crippen molar-refractivity contribution < 1.29 is 4.74 Å². The molecule has 0 saturated carbocycles. The fourth-order valence-electron chi connectivity index (χ4n) is 1.58. The van der Waals surface area contributed by atoms with E-state index in [1.165, 1.54) is 0 Å². The summed E-state index contributed by atoms with van der Waals surface area (Å²) in [6.45, 7) is 6.62. The molecule has 1 aliphatic heterocycles. The van der Waals surface area contributed by atoms with Crippen molar-refractivity contribution in [2.45, 2.75) is 20.0 Å². The maximum atomic E-state index is 5.93. The van der Waals surface area contributed by atoms with E-state index >= 15 is 0 Å². The molecular formula is C11H20ClN3O. The van der Waals surface area contributed by atoms with Crippen LogP contribution in [0.25, 0.3) is 0 Å². The number of hydrogen-bond acceptors (Lipinski definition) is 4. The van der Waals surface area contributed by atoms with E-state index in [0.717, 1.165) is 13.1 Å². The van der Waals surface area contributed by atoms with Crippen LogP contribution in [0.2, 0.25) is 0 Å². The number of morpholine rings is 1. The molecule has 0 aliphatic carbocycles. The summed E-state index contributed by atoms with van der Waals surface area (Å²) in [5.74, 6) is 1.17. The van der Waals surface area contributed by atoms with Crippen molar-refractivity contribution in [1.29, 1.82) is 0 Å². The zero-order chi connectivity index (χ0) is 12.1. The van der Waals surface area contributed by atoms with Crippen molar-refractivity contribution in [3.05, 3.63) is 23.1 Å². The van der Waals surface area contributed by atoms with Gasteiger partial charge in [-0.05, 0) is 18.1 Å². The number of ether oxygens (including phenoxy) is 1. The van der Waals surface area contributed by atoms with Gasteiger partial charge in [-0.25, -0.2) is 0 Å². The van der Waals surface area contributed by atoms with Gasteiger partial charge in [0.25, 0.3) is 0 Å². The van der Waals surface area contributed by atoms with Crippen LogP contribution >= 0.6 is 11.6 Å². The molecule has 0 radical (unpaired) electrons. The first-order chi connectivity index (χ1) is 7.50. The molecule has 4 N–H and O–H groups in total. The molecular weight excluding hydrogens is 226 g/mol. The Morgan fingerprint density at radius 1 is 1.44 bits per heavy atom. The number of nitrogens with zero attached hydrogens (tertiary/aromatic N) is 1. The highest BCUT2D eigenvalue weighted by Crippen LogP contribution is 2.15. The monoisotopic (exact) mass is 245 g/mol. The van der Waals surface area contributed by atoms with E-state index in [1.54, 1.807) is 12.2 Å². The van der Waals surface area contributed by atoms with Gasteiger partial charge in [0.2, 0.25) is 0 Å². The fraction of sp³-hybridized carbons (Fsp3) is 0.636. The van der Waals surface area contributed by atoms with E-state index in [2.05, 4.69) is 18.7 Å². The van der Waals surface area contributed by atoms with Crippen LogP contribution in [-0.4, -0.2) is 30.7 Å².